The van der Waals surface area contributed by atoms with E-state index in [-0.39, 0.29) is 12.1 Å². The molecule has 1 heterocycles. The molecule has 2 N–H and O–H groups in total. The highest BCUT2D eigenvalue weighted by molar-refractivity contribution is 7.16. The Bertz CT molecular complexity index is 524. The van der Waals surface area contributed by atoms with Crippen LogP contribution in [-0.4, -0.2) is 6.04 Å². The van der Waals surface area contributed by atoms with Gasteiger partial charge in [-0.1, -0.05) is 29.8 Å². The first-order valence-electron chi connectivity index (χ1n) is 5.81. The minimum atomic E-state index is -0.163. The summed E-state index contributed by atoms with van der Waals surface area (Å²) in [6.45, 7) is 3.96. The smallest absolute Gasteiger partial charge is 0.148 e. The Morgan fingerprint density at radius 2 is 1.94 bits per heavy atom. The van der Waals surface area contributed by atoms with Crippen LogP contribution in [0.25, 0.3) is 0 Å². The standard InChI is InChI=1S/C14H16ClNOS/c1-9-5-3-4-6-11(9)17-14(10(2)16)12-7-8-13(15)18-12/h3-8,10,14H,16H2,1-2H3. The van der Waals surface area contributed by atoms with Crippen LogP contribution in [0, 0.1) is 6.92 Å². The predicted molar refractivity (Wildman–Crippen MR) is 77.5 cm³/mol. The van der Waals surface area contributed by atoms with Crippen molar-refractivity contribution in [1.82, 2.24) is 0 Å². The molecule has 96 valence electrons. The number of aryl methyl sites for hydroxylation is 1. The Morgan fingerprint density at radius 1 is 1.22 bits per heavy atom. The van der Waals surface area contributed by atoms with Gasteiger partial charge in [-0.25, -0.2) is 0 Å². The maximum Gasteiger partial charge on any atom is 0.148 e. The Hall–Kier alpha value is -1.03. The number of para-hydroxylation sites is 1. The van der Waals surface area contributed by atoms with E-state index in [9.17, 15) is 0 Å². The van der Waals surface area contributed by atoms with E-state index in [4.69, 9.17) is 22.1 Å². The van der Waals surface area contributed by atoms with Gasteiger partial charge in [0.2, 0.25) is 0 Å². The maximum atomic E-state index is 6.03. The number of ether oxygens (including phenoxy) is 1. The molecule has 2 aromatic rings. The Labute approximate surface area is 116 Å². The largest absolute Gasteiger partial charge is 0.483 e. The van der Waals surface area contributed by atoms with E-state index < -0.39 is 0 Å². The average molecular weight is 282 g/mol. The van der Waals surface area contributed by atoms with Gasteiger partial charge in [-0.15, -0.1) is 11.3 Å². The van der Waals surface area contributed by atoms with Crippen molar-refractivity contribution in [3.63, 3.8) is 0 Å². The number of nitrogens with two attached hydrogens (primary N) is 1. The van der Waals surface area contributed by atoms with E-state index in [1.54, 1.807) is 0 Å². The van der Waals surface area contributed by atoms with Crippen molar-refractivity contribution in [2.75, 3.05) is 0 Å². The fourth-order valence-electron chi connectivity index (χ4n) is 1.73. The van der Waals surface area contributed by atoms with Gasteiger partial charge in [0, 0.05) is 10.9 Å². The van der Waals surface area contributed by atoms with Crippen molar-refractivity contribution < 1.29 is 4.74 Å². The summed E-state index contributed by atoms with van der Waals surface area (Å²) >= 11 is 7.48. The number of benzene rings is 1. The van der Waals surface area contributed by atoms with Gasteiger partial charge >= 0.3 is 0 Å². The fraction of sp³-hybridized carbons (Fsp3) is 0.286. The Balaban J connectivity index is 2.25. The van der Waals surface area contributed by atoms with Gasteiger partial charge in [0.1, 0.15) is 11.9 Å². The zero-order valence-corrected chi connectivity index (χ0v) is 12.0. The topological polar surface area (TPSA) is 35.2 Å². The van der Waals surface area contributed by atoms with E-state index in [1.807, 2.05) is 50.2 Å². The van der Waals surface area contributed by atoms with E-state index >= 15 is 0 Å². The molecule has 0 aliphatic rings. The van der Waals surface area contributed by atoms with E-state index in [1.165, 1.54) is 11.3 Å². The molecule has 0 saturated heterocycles. The molecule has 0 fully saturated rings. The van der Waals surface area contributed by atoms with Crippen LogP contribution in [0.4, 0.5) is 0 Å². The molecule has 0 amide bonds. The highest BCUT2D eigenvalue weighted by Gasteiger charge is 2.20. The lowest BCUT2D eigenvalue weighted by molar-refractivity contribution is 0.183. The molecule has 0 aliphatic heterocycles. The molecule has 2 nitrogen and oxygen atoms in total. The second kappa shape index (κ2) is 5.74. The number of rotatable bonds is 4. The monoisotopic (exact) mass is 281 g/mol. The molecule has 2 atom stereocenters. The average Bonchev–Trinajstić information content (AvgIpc) is 2.74. The summed E-state index contributed by atoms with van der Waals surface area (Å²) in [7, 11) is 0. The van der Waals surface area contributed by atoms with Crippen LogP contribution < -0.4 is 10.5 Å². The van der Waals surface area contributed by atoms with Crippen LogP contribution in [0.5, 0.6) is 5.75 Å². The van der Waals surface area contributed by atoms with Gasteiger partial charge in [-0.3, -0.25) is 0 Å². The molecule has 18 heavy (non-hydrogen) atoms. The minimum Gasteiger partial charge on any atom is -0.483 e. The van der Waals surface area contributed by atoms with Crippen molar-refractivity contribution in [1.29, 1.82) is 0 Å². The first kappa shape index (κ1) is 13.4. The van der Waals surface area contributed by atoms with Gasteiger partial charge in [0.15, 0.2) is 0 Å². The van der Waals surface area contributed by atoms with Crippen LogP contribution in [0.15, 0.2) is 36.4 Å². The molecule has 1 aromatic heterocycles. The molecule has 0 spiro atoms. The summed E-state index contributed by atoms with van der Waals surface area (Å²) < 4.78 is 6.79. The van der Waals surface area contributed by atoms with Crippen LogP contribution in [0.2, 0.25) is 4.34 Å². The zero-order chi connectivity index (χ0) is 13.1. The first-order chi connectivity index (χ1) is 8.58. The van der Waals surface area contributed by atoms with Crippen LogP contribution in [-0.2, 0) is 0 Å². The van der Waals surface area contributed by atoms with Crippen molar-refractivity contribution >= 4 is 22.9 Å². The number of hydrogen-bond donors (Lipinski definition) is 1. The minimum absolute atomic E-state index is 0.0978. The first-order valence-corrected chi connectivity index (χ1v) is 7.00. The van der Waals surface area contributed by atoms with Crippen molar-refractivity contribution in [2.24, 2.45) is 5.73 Å². The summed E-state index contributed by atoms with van der Waals surface area (Å²) in [5, 5.41) is 0. The molecular formula is C14H16ClNOS. The number of halogens is 1. The van der Waals surface area contributed by atoms with E-state index in [2.05, 4.69) is 0 Å². The molecule has 0 aliphatic carbocycles. The molecule has 2 rings (SSSR count). The normalized spacial score (nSPS) is 14.2. The van der Waals surface area contributed by atoms with Crippen molar-refractivity contribution in [3.8, 4) is 5.75 Å². The lowest BCUT2D eigenvalue weighted by atomic mass is 10.1. The molecule has 1 aromatic carbocycles. The second-order valence-corrected chi connectivity index (χ2v) is 6.05. The molecule has 0 radical (unpaired) electrons. The lowest BCUT2D eigenvalue weighted by Gasteiger charge is -2.22. The summed E-state index contributed by atoms with van der Waals surface area (Å²) in [4.78, 5) is 1.05. The van der Waals surface area contributed by atoms with Crippen molar-refractivity contribution in [3.05, 3.63) is 51.2 Å². The van der Waals surface area contributed by atoms with Gasteiger partial charge in [-0.2, -0.15) is 0 Å². The molecule has 0 bridgehead atoms. The second-order valence-electron chi connectivity index (χ2n) is 4.30. The zero-order valence-electron chi connectivity index (χ0n) is 10.4. The Kier molecular flexibility index (Phi) is 4.27. The van der Waals surface area contributed by atoms with Crippen LogP contribution >= 0.6 is 22.9 Å². The number of thiophene rings is 1. The quantitative estimate of drug-likeness (QED) is 0.912. The van der Waals surface area contributed by atoms with Gasteiger partial charge in [0.05, 0.1) is 4.34 Å². The van der Waals surface area contributed by atoms with Gasteiger partial charge < -0.3 is 10.5 Å². The molecule has 2 unspecified atom stereocenters. The van der Waals surface area contributed by atoms with E-state index in [0.29, 0.717) is 0 Å². The fourth-order valence-corrected chi connectivity index (χ4v) is 2.94. The highest BCUT2D eigenvalue weighted by atomic mass is 35.5. The van der Waals surface area contributed by atoms with E-state index in [0.717, 1.165) is 20.5 Å². The third-order valence-electron chi connectivity index (χ3n) is 2.70. The van der Waals surface area contributed by atoms with Crippen LogP contribution in [0.3, 0.4) is 0 Å². The summed E-state index contributed by atoms with van der Waals surface area (Å²) in [5.41, 5.74) is 7.12. The summed E-state index contributed by atoms with van der Waals surface area (Å²) in [5.74, 6) is 0.865. The molecule has 4 heteroatoms. The molecule has 0 saturated carbocycles. The summed E-state index contributed by atoms with van der Waals surface area (Å²) in [6, 6.07) is 11.7. The van der Waals surface area contributed by atoms with Crippen molar-refractivity contribution in [2.45, 2.75) is 26.0 Å². The summed E-state index contributed by atoms with van der Waals surface area (Å²) in [6.07, 6.45) is -0.163. The predicted octanol–water partition coefficient (Wildman–Crippen LogP) is 4.18. The highest BCUT2D eigenvalue weighted by Crippen LogP contribution is 2.32. The Morgan fingerprint density at radius 3 is 2.50 bits per heavy atom. The molecular weight excluding hydrogens is 266 g/mol. The SMILES string of the molecule is Cc1ccccc1OC(c1ccc(Cl)s1)C(C)N. The third-order valence-corrected chi connectivity index (χ3v) is 3.99. The number of hydrogen-bond acceptors (Lipinski definition) is 3. The maximum absolute atomic E-state index is 6.03. The lowest BCUT2D eigenvalue weighted by Crippen LogP contribution is -2.28. The van der Waals surface area contributed by atoms with Gasteiger partial charge in [0.25, 0.3) is 0 Å². The van der Waals surface area contributed by atoms with Crippen LogP contribution in [0.1, 0.15) is 23.5 Å². The van der Waals surface area contributed by atoms with Gasteiger partial charge in [-0.05, 0) is 37.6 Å². The third kappa shape index (κ3) is 3.05.